The molecule has 0 atom stereocenters. The molecular weight excluding hydrogens is 312 g/mol. The maximum atomic E-state index is 14.2. The van der Waals surface area contributed by atoms with Crippen LogP contribution in [0.2, 0.25) is 0 Å². The Bertz CT molecular complexity index is 817. The monoisotopic (exact) mass is 322 g/mol. The molecule has 1 N–H and O–H groups in total. The number of halogens is 4. The first-order valence-electron chi connectivity index (χ1n) is 6.57. The average molecular weight is 322 g/mol. The minimum absolute atomic E-state index is 0.0350. The molecule has 118 valence electrons. The first-order chi connectivity index (χ1) is 11.0. The van der Waals surface area contributed by atoms with Crippen LogP contribution in [0, 0.1) is 23.3 Å². The smallest absolute Gasteiger partial charge is 0.187 e. The average Bonchev–Trinajstić information content (AvgIpc) is 3.01. The van der Waals surface area contributed by atoms with Crippen LogP contribution in [0.3, 0.4) is 0 Å². The first-order valence-corrected chi connectivity index (χ1v) is 6.57. The van der Waals surface area contributed by atoms with Crippen molar-refractivity contribution in [2.75, 3.05) is 0 Å². The van der Waals surface area contributed by atoms with E-state index in [1.807, 2.05) is 0 Å². The molecule has 0 aliphatic rings. The van der Waals surface area contributed by atoms with E-state index in [0.717, 1.165) is 24.3 Å². The van der Waals surface area contributed by atoms with Gasteiger partial charge in [-0.2, -0.15) is 0 Å². The number of aromatic hydroxyl groups is 1. The number of nitrogens with zero attached hydrogens (tertiary/aromatic N) is 2. The number of hydrogen-bond acceptors (Lipinski definition) is 2. The zero-order chi connectivity index (χ0) is 16.6. The van der Waals surface area contributed by atoms with Crippen LogP contribution in [0.4, 0.5) is 17.6 Å². The summed E-state index contributed by atoms with van der Waals surface area (Å²) in [5, 5.41) is 9.07. The van der Waals surface area contributed by atoms with Crippen molar-refractivity contribution >= 4 is 0 Å². The summed E-state index contributed by atoms with van der Waals surface area (Å²) in [6.07, 6.45) is 4.45. The van der Waals surface area contributed by atoms with Gasteiger partial charge in [0.1, 0.15) is 11.6 Å². The van der Waals surface area contributed by atoms with Gasteiger partial charge in [-0.15, -0.1) is 0 Å². The number of hydrogen-bond donors (Lipinski definition) is 1. The summed E-state index contributed by atoms with van der Waals surface area (Å²) in [4.78, 5) is 3.78. The van der Waals surface area contributed by atoms with Gasteiger partial charge < -0.3 is 9.67 Å². The lowest BCUT2D eigenvalue weighted by molar-refractivity contribution is 0.396. The summed E-state index contributed by atoms with van der Waals surface area (Å²) in [6, 6.07) is 3.59. The van der Waals surface area contributed by atoms with E-state index in [4.69, 9.17) is 5.11 Å². The molecule has 7 heteroatoms. The third kappa shape index (κ3) is 2.90. The molecule has 0 bridgehead atoms. The summed E-state index contributed by atoms with van der Waals surface area (Å²) in [7, 11) is 0. The molecule has 0 amide bonds. The molecule has 3 aromatic rings. The predicted octanol–water partition coefficient (Wildman–Crippen LogP) is 3.86. The highest BCUT2D eigenvalue weighted by Crippen LogP contribution is 2.30. The number of aromatic nitrogens is 2. The highest BCUT2D eigenvalue weighted by molar-refractivity contribution is 5.65. The van der Waals surface area contributed by atoms with Gasteiger partial charge in [0.2, 0.25) is 0 Å². The summed E-state index contributed by atoms with van der Waals surface area (Å²) < 4.78 is 56.5. The fourth-order valence-corrected chi connectivity index (χ4v) is 2.22. The lowest BCUT2D eigenvalue weighted by atomic mass is 10.0. The van der Waals surface area contributed by atoms with E-state index in [0.29, 0.717) is 0 Å². The Morgan fingerprint density at radius 1 is 0.870 bits per heavy atom. The molecule has 3 rings (SSSR count). The van der Waals surface area contributed by atoms with Crippen molar-refractivity contribution in [1.29, 1.82) is 0 Å². The highest BCUT2D eigenvalue weighted by atomic mass is 19.1. The molecule has 0 spiro atoms. The molecule has 0 radical (unpaired) electrons. The van der Waals surface area contributed by atoms with Gasteiger partial charge in [0.15, 0.2) is 17.4 Å². The van der Waals surface area contributed by atoms with Gasteiger partial charge in [-0.05, 0) is 35.4 Å². The molecule has 1 aromatic heterocycles. The second-order valence-corrected chi connectivity index (χ2v) is 4.94. The first kappa shape index (κ1) is 15.1. The third-order valence-electron chi connectivity index (χ3n) is 3.39. The van der Waals surface area contributed by atoms with Crippen LogP contribution in [0.25, 0.3) is 11.1 Å². The largest absolute Gasteiger partial charge is 0.503 e. The normalized spacial score (nSPS) is 11.0. The van der Waals surface area contributed by atoms with Gasteiger partial charge in [0.25, 0.3) is 0 Å². The number of imidazole rings is 1. The quantitative estimate of drug-likeness (QED) is 0.744. The third-order valence-corrected chi connectivity index (χ3v) is 3.39. The van der Waals surface area contributed by atoms with Crippen LogP contribution < -0.4 is 0 Å². The number of phenolic OH excluding ortho intramolecular Hbond substituents is 1. The molecule has 3 nitrogen and oxygen atoms in total. The van der Waals surface area contributed by atoms with Gasteiger partial charge >= 0.3 is 0 Å². The molecule has 0 unspecified atom stereocenters. The standard InChI is InChI=1S/C16H10F4N2O/c17-12-3-9(10-5-14(19)16(23)15(20)6-10)4-13(18)11(12)7-22-2-1-21-8-22/h1-6,8,23H,7H2. The number of benzene rings is 2. The zero-order valence-electron chi connectivity index (χ0n) is 11.6. The van der Waals surface area contributed by atoms with Crippen molar-refractivity contribution in [3.8, 4) is 16.9 Å². The van der Waals surface area contributed by atoms with E-state index in [-0.39, 0.29) is 23.2 Å². The Balaban J connectivity index is 2.03. The molecule has 1 heterocycles. The Morgan fingerprint density at radius 3 is 1.87 bits per heavy atom. The lowest BCUT2D eigenvalue weighted by Crippen LogP contribution is -2.03. The second-order valence-electron chi connectivity index (χ2n) is 4.94. The van der Waals surface area contributed by atoms with Crippen molar-refractivity contribution < 1.29 is 22.7 Å². The van der Waals surface area contributed by atoms with E-state index >= 15 is 0 Å². The van der Waals surface area contributed by atoms with Crippen LogP contribution in [-0.2, 0) is 6.54 Å². The molecule has 23 heavy (non-hydrogen) atoms. The Labute approximate surface area is 128 Å². The van der Waals surface area contributed by atoms with Gasteiger partial charge in [-0.3, -0.25) is 0 Å². The number of phenols is 1. The molecule has 0 saturated heterocycles. The molecule has 0 aliphatic carbocycles. The van der Waals surface area contributed by atoms with E-state index in [9.17, 15) is 17.6 Å². The summed E-state index contributed by atoms with van der Waals surface area (Å²) in [6.45, 7) is -0.0593. The maximum absolute atomic E-state index is 14.2. The van der Waals surface area contributed by atoms with Crippen molar-refractivity contribution in [3.05, 3.63) is 71.8 Å². The molecule has 2 aromatic carbocycles. The van der Waals surface area contributed by atoms with Crippen LogP contribution in [0.1, 0.15) is 5.56 Å². The summed E-state index contributed by atoms with van der Waals surface area (Å²) in [5.74, 6) is -5.23. The fraction of sp³-hybridized carbons (Fsp3) is 0.0625. The van der Waals surface area contributed by atoms with Crippen LogP contribution in [0.5, 0.6) is 5.75 Å². The van der Waals surface area contributed by atoms with Gasteiger partial charge in [-0.1, -0.05) is 0 Å². The number of rotatable bonds is 3. The topological polar surface area (TPSA) is 38.0 Å². The van der Waals surface area contributed by atoms with Crippen LogP contribution in [-0.4, -0.2) is 14.7 Å². The highest BCUT2D eigenvalue weighted by Gasteiger charge is 2.15. The molecule has 0 fully saturated rings. The van der Waals surface area contributed by atoms with Gasteiger partial charge in [0, 0.05) is 18.0 Å². The Hall–Kier alpha value is -2.83. The van der Waals surface area contributed by atoms with E-state index in [1.54, 1.807) is 6.20 Å². The Morgan fingerprint density at radius 2 is 1.39 bits per heavy atom. The zero-order valence-corrected chi connectivity index (χ0v) is 11.6. The van der Waals surface area contributed by atoms with Crippen molar-refractivity contribution in [3.63, 3.8) is 0 Å². The van der Waals surface area contributed by atoms with Crippen LogP contribution >= 0.6 is 0 Å². The predicted molar refractivity (Wildman–Crippen MR) is 74.7 cm³/mol. The molecule has 0 aliphatic heterocycles. The molecular formula is C16H10F4N2O. The minimum Gasteiger partial charge on any atom is -0.503 e. The fourth-order valence-electron chi connectivity index (χ4n) is 2.22. The SMILES string of the molecule is Oc1c(F)cc(-c2cc(F)c(Cn3ccnc3)c(F)c2)cc1F. The van der Waals surface area contributed by atoms with Gasteiger partial charge in [-0.25, -0.2) is 22.5 Å². The van der Waals surface area contributed by atoms with Crippen molar-refractivity contribution in [2.24, 2.45) is 0 Å². The molecule has 0 saturated carbocycles. The van der Waals surface area contributed by atoms with Crippen molar-refractivity contribution in [1.82, 2.24) is 9.55 Å². The second kappa shape index (κ2) is 5.75. The van der Waals surface area contributed by atoms with E-state index < -0.39 is 29.0 Å². The minimum atomic E-state index is -1.21. The summed E-state index contributed by atoms with van der Waals surface area (Å²) >= 11 is 0. The van der Waals surface area contributed by atoms with E-state index in [2.05, 4.69) is 4.98 Å². The van der Waals surface area contributed by atoms with Crippen molar-refractivity contribution in [2.45, 2.75) is 6.54 Å². The van der Waals surface area contributed by atoms with E-state index in [1.165, 1.54) is 17.1 Å². The van der Waals surface area contributed by atoms with Gasteiger partial charge in [0.05, 0.1) is 12.9 Å². The Kier molecular flexibility index (Phi) is 3.77. The van der Waals surface area contributed by atoms with Crippen LogP contribution in [0.15, 0.2) is 43.0 Å². The summed E-state index contributed by atoms with van der Waals surface area (Å²) in [5.41, 5.74) is -0.302. The maximum Gasteiger partial charge on any atom is 0.187 e. The lowest BCUT2D eigenvalue weighted by Gasteiger charge is -2.10.